The summed E-state index contributed by atoms with van der Waals surface area (Å²) >= 11 is 0. The van der Waals surface area contributed by atoms with E-state index in [1.165, 1.54) is 19.9 Å². The smallest absolute Gasteiger partial charge is 0.251 e. The fourth-order valence-electron chi connectivity index (χ4n) is 2.06. The van der Waals surface area contributed by atoms with E-state index >= 15 is 0 Å². The third-order valence-corrected chi connectivity index (χ3v) is 3.47. The van der Waals surface area contributed by atoms with Crippen LogP contribution >= 0.6 is 0 Å². The number of carbonyl (C=O) groups excluding carboxylic acids is 3. The van der Waals surface area contributed by atoms with Crippen LogP contribution in [0, 0.1) is 11.6 Å². The molecule has 2 aromatic carbocycles. The molecule has 2 N–H and O–H groups in total. The van der Waals surface area contributed by atoms with E-state index in [1.807, 2.05) is 0 Å². The standard InChI is InChI=1S/C19H16F2N2O3/c1-11(10-17(25)23-18-15(20)4-3-5-16(18)21)19(26)22-14-8-6-13(7-9-14)12(2)24/h3-10H,1-2H3,(H,22,26)(H,23,25)/b11-10-. The van der Waals surface area contributed by atoms with Crippen molar-refractivity contribution >= 4 is 29.0 Å². The van der Waals surface area contributed by atoms with E-state index in [0.29, 0.717) is 11.3 Å². The maximum absolute atomic E-state index is 13.5. The van der Waals surface area contributed by atoms with Crippen molar-refractivity contribution in [3.05, 3.63) is 71.3 Å². The van der Waals surface area contributed by atoms with E-state index in [0.717, 1.165) is 18.2 Å². The van der Waals surface area contributed by atoms with Gasteiger partial charge in [-0.3, -0.25) is 14.4 Å². The first-order valence-corrected chi connectivity index (χ1v) is 7.63. The molecule has 0 saturated carbocycles. The maximum Gasteiger partial charge on any atom is 0.251 e. The van der Waals surface area contributed by atoms with E-state index in [9.17, 15) is 23.2 Å². The minimum absolute atomic E-state index is 0.0369. The van der Waals surface area contributed by atoms with Gasteiger partial charge >= 0.3 is 0 Å². The number of rotatable bonds is 5. The van der Waals surface area contributed by atoms with E-state index in [2.05, 4.69) is 10.6 Å². The van der Waals surface area contributed by atoms with Crippen LogP contribution in [0.3, 0.4) is 0 Å². The van der Waals surface area contributed by atoms with Crippen LogP contribution in [0.5, 0.6) is 0 Å². The van der Waals surface area contributed by atoms with Crippen LogP contribution in [0.25, 0.3) is 0 Å². The Balaban J connectivity index is 2.04. The molecule has 0 saturated heterocycles. The van der Waals surface area contributed by atoms with Crippen molar-refractivity contribution in [2.75, 3.05) is 10.6 Å². The molecule has 2 rings (SSSR count). The number of amides is 2. The molecule has 2 aromatic rings. The Morgan fingerprint density at radius 3 is 2.00 bits per heavy atom. The highest BCUT2D eigenvalue weighted by Gasteiger charge is 2.12. The third-order valence-electron chi connectivity index (χ3n) is 3.47. The second-order valence-corrected chi connectivity index (χ2v) is 5.50. The SMILES string of the molecule is CC(=O)c1ccc(NC(=O)/C(C)=C\C(=O)Nc2c(F)cccc2F)cc1. The molecule has 134 valence electrons. The van der Waals surface area contributed by atoms with E-state index in [4.69, 9.17) is 0 Å². The van der Waals surface area contributed by atoms with E-state index in [-0.39, 0.29) is 11.4 Å². The molecule has 7 heteroatoms. The Morgan fingerprint density at radius 1 is 0.885 bits per heavy atom. The molecular formula is C19H16F2N2O3. The number of ketones is 1. The summed E-state index contributed by atoms with van der Waals surface area (Å²) in [6.45, 7) is 2.81. The summed E-state index contributed by atoms with van der Waals surface area (Å²) in [7, 11) is 0. The molecule has 0 fully saturated rings. The zero-order valence-electron chi connectivity index (χ0n) is 14.1. The molecular weight excluding hydrogens is 342 g/mol. The van der Waals surface area contributed by atoms with E-state index in [1.54, 1.807) is 24.3 Å². The van der Waals surface area contributed by atoms with Crippen molar-refractivity contribution in [1.29, 1.82) is 0 Å². The lowest BCUT2D eigenvalue weighted by molar-refractivity contribution is -0.114. The highest BCUT2D eigenvalue weighted by molar-refractivity contribution is 6.10. The van der Waals surface area contributed by atoms with Crippen LogP contribution in [0.4, 0.5) is 20.2 Å². The first-order chi connectivity index (χ1) is 12.3. The predicted molar refractivity (Wildman–Crippen MR) is 93.8 cm³/mol. The topological polar surface area (TPSA) is 75.3 Å². The lowest BCUT2D eigenvalue weighted by Crippen LogP contribution is -2.17. The molecule has 0 bridgehead atoms. The van der Waals surface area contributed by atoms with Gasteiger partial charge in [0.15, 0.2) is 5.78 Å². The van der Waals surface area contributed by atoms with Gasteiger partial charge in [0.05, 0.1) is 0 Å². The van der Waals surface area contributed by atoms with Crippen molar-refractivity contribution in [3.63, 3.8) is 0 Å². The normalized spacial score (nSPS) is 11.0. The van der Waals surface area contributed by atoms with Crippen LogP contribution in [0.2, 0.25) is 0 Å². The molecule has 2 amide bonds. The Kier molecular flexibility index (Phi) is 5.95. The number of Topliss-reactive ketones (excluding diaryl/α,β-unsaturated/α-hetero) is 1. The Morgan fingerprint density at radius 2 is 1.46 bits per heavy atom. The first kappa shape index (κ1) is 19.0. The second-order valence-electron chi connectivity index (χ2n) is 5.50. The summed E-state index contributed by atoms with van der Waals surface area (Å²) < 4.78 is 27.0. The molecule has 0 aromatic heterocycles. The van der Waals surface area contributed by atoms with Gasteiger partial charge < -0.3 is 10.6 Å². The van der Waals surface area contributed by atoms with Crippen LogP contribution in [0.15, 0.2) is 54.1 Å². The number of para-hydroxylation sites is 1. The van der Waals surface area contributed by atoms with Crippen molar-refractivity contribution in [2.24, 2.45) is 0 Å². The largest absolute Gasteiger partial charge is 0.322 e. The van der Waals surface area contributed by atoms with Crippen LogP contribution in [-0.4, -0.2) is 17.6 Å². The van der Waals surface area contributed by atoms with Gasteiger partial charge in [-0.05, 0) is 50.2 Å². The minimum Gasteiger partial charge on any atom is -0.322 e. The minimum atomic E-state index is -0.917. The molecule has 0 spiro atoms. The number of benzene rings is 2. The van der Waals surface area contributed by atoms with Crippen molar-refractivity contribution in [1.82, 2.24) is 0 Å². The third kappa shape index (κ3) is 4.83. The van der Waals surface area contributed by atoms with Crippen LogP contribution < -0.4 is 10.6 Å². The number of carbonyl (C=O) groups is 3. The summed E-state index contributed by atoms with van der Waals surface area (Å²) in [6.07, 6.45) is 0.936. The molecule has 0 atom stereocenters. The fourth-order valence-corrected chi connectivity index (χ4v) is 2.06. The van der Waals surface area contributed by atoms with Gasteiger partial charge in [0.25, 0.3) is 5.91 Å². The van der Waals surface area contributed by atoms with Crippen molar-refractivity contribution < 1.29 is 23.2 Å². The Labute approximate surface area is 148 Å². The van der Waals surface area contributed by atoms with E-state index < -0.39 is 29.1 Å². The molecule has 0 aliphatic heterocycles. The molecule has 0 aliphatic rings. The number of hydrogen-bond donors (Lipinski definition) is 2. The average molecular weight is 358 g/mol. The Bertz CT molecular complexity index is 870. The second kappa shape index (κ2) is 8.15. The van der Waals surface area contributed by atoms with Gasteiger partial charge in [0, 0.05) is 22.9 Å². The number of halogens is 2. The van der Waals surface area contributed by atoms with Gasteiger partial charge in [-0.1, -0.05) is 6.07 Å². The summed E-state index contributed by atoms with van der Waals surface area (Å²) in [4.78, 5) is 35.2. The monoisotopic (exact) mass is 358 g/mol. The van der Waals surface area contributed by atoms with Gasteiger partial charge in [0.2, 0.25) is 5.91 Å². The van der Waals surface area contributed by atoms with Gasteiger partial charge in [-0.15, -0.1) is 0 Å². The zero-order chi connectivity index (χ0) is 19.3. The Hall–Kier alpha value is -3.35. The summed E-state index contributed by atoms with van der Waals surface area (Å²) in [5.41, 5.74) is 0.395. The fraction of sp³-hybridized carbons (Fsp3) is 0.105. The summed E-state index contributed by atoms with van der Waals surface area (Å²) in [5, 5.41) is 4.62. The highest BCUT2D eigenvalue weighted by Crippen LogP contribution is 2.18. The number of nitrogens with one attached hydrogen (secondary N) is 2. The molecule has 26 heavy (non-hydrogen) atoms. The molecule has 0 unspecified atom stereocenters. The summed E-state index contributed by atoms with van der Waals surface area (Å²) in [5.74, 6) is -3.34. The molecule has 0 heterocycles. The van der Waals surface area contributed by atoms with Gasteiger partial charge in [-0.2, -0.15) is 0 Å². The van der Waals surface area contributed by atoms with Gasteiger partial charge in [0.1, 0.15) is 17.3 Å². The molecule has 0 aliphatic carbocycles. The average Bonchev–Trinajstić information content (AvgIpc) is 2.58. The van der Waals surface area contributed by atoms with Crippen LogP contribution in [-0.2, 0) is 9.59 Å². The molecule has 0 radical (unpaired) electrons. The first-order valence-electron chi connectivity index (χ1n) is 7.63. The predicted octanol–water partition coefficient (Wildman–Crippen LogP) is 3.69. The quantitative estimate of drug-likeness (QED) is 0.632. The van der Waals surface area contributed by atoms with Crippen molar-refractivity contribution in [2.45, 2.75) is 13.8 Å². The number of anilines is 2. The lowest BCUT2D eigenvalue weighted by atomic mass is 10.1. The highest BCUT2D eigenvalue weighted by atomic mass is 19.1. The molecule has 5 nitrogen and oxygen atoms in total. The summed E-state index contributed by atoms with van der Waals surface area (Å²) in [6, 6.07) is 9.41. The maximum atomic E-state index is 13.5. The van der Waals surface area contributed by atoms with Crippen LogP contribution in [0.1, 0.15) is 24.2 Å². The zero-order valence-corrected chi connectivity index (χ0v) is 14.1. The van der Waals surface area contributed by atoms with Crippen molar-refractivity contribution in [3.8, 4) is 0 Å². The lowest BCUT2D eigenvalue weighted by Gasteiger charge is -2.07. The number of hydrogen-bond acceptors (Lipinski definition) is 3. The van der Waals surface area contributed by atoms with Gasteiger partial charge in [-0.25, -0.2) is 8.78 Å².